The molecular formula is C13H14N2O2. The fraction of sp³-hybridized carbons (Fsp3) is 0.231. The zero-order valence-corrected chi connectivity index (χ0v) is 9.84. The Kier molecular flexibility index (Phi) is 2.95. The van der Waals surface area contributed by atoms with Gasteiger partial charge in [0, 0.05) is 6.54 Å². The van der Waals surface area contributed by atoms with Crippen molar-refractivity contribution < 1.29 is 9.90 Å². The van der Waals surface area contributed by atoms with Gasteiger partial charge in [0.1, 0.15) is 5.69 Å². The minimum Gasteiger partial charge on any atom is -0.477 e. The second kappa shape index (κ2) is 4.41. The van der Waals surface area contributed by atoms with E-state index < -0.39 is 5.97 Å². The number of carboxylic acid groups (broad SMARTS) is 1. The molecule has 1 N–H and O–H groups in total. The number of hydrogen-bond acceptors (Lipinski definition) is 2. The summed E-state index contributed by atoms with van der Waals surface area (Å²) < 4.78 is 1.67. The van der Waals surface area contributed by atoms with Crippen LogP contribution in [0, 0.1) is 13.8 Å². The number of imidazole rings is 1. The van der Waals surface area contributed by atoms with Gasteiger partial charge in [-0.25, -0.2) is 9.78 Å². The summed E-state index contributed by atoms with van der Waals surface area (Å²) >= 11 is 0. The molecule has 0 saturated heterocycles. The van der Waals surface area contributed by atoms with Crippen molar-refractivity contribution >= 4 is 5.97 Å². The second-order valence-electron chi connectivity index (χ2n) is 4.04. The average Bonchev–Trinajstić information content (AvgIpc) is 2.63. The first-order chi connectivity index (χ1) is 8.09. The van der Waals surface area contributed by atoms with Crippen molar-refractivity contribution in [3.8, 4) is 0 Å². The van der Waals surface area contributed by atoms with Crippen LogP contribution in [0.5, 0.6) is 0 Å². The van der Waals surface area contributed by atoms with E-state index in [2.05, 4.69) is 4.98 Å². The summed E-state index contributed by atoms with van der Waals surface area (Å²) in [5.74, 6) is -0.936. The topological polar surface area (TPSA) is 55.1 Å². The van der Waals surface area contributed by atoms with E-state index in [0.717, 1.165) is 11.1 Å². The van der Waals surface area contributed by atoms with E-state index in [9.17, 15) is 4.79 Å². The van der Waals surface area contributed by atoms with Gasteiger partial charge < -0.3 is 9.67 Å². The normalized spacial score (nSPS) is 10.5. The molecule has 0 saturated carbocycles. The van der Waals surface area contributed by atoms with Gasteiger partial charge in [-0.2, -0.15) is 0 Å². The van der Waals surface area contributed by atoms with Crippen LogP contribution >= 0.6 is 0 Å². The third-order valence-corrected chi connectivity index (χ3v) is 2.83. The van der Waals surface area contributed by atoms with Crippen LogP contribution < -0.4 is 0 Å². The molecule has 4 nitrogen and oxygen atoms in total. The molecular weight excluding hydrogens is 216 g/mol. The van der Waals surface area contributed by atoms with E-state index in [-0.39, 0.29) is 5.69 Å². The van der Waals surface area contributed by atoms with Crippen LogP contribution in [0.4, 0.5) is 0 Å². The number of nitrogens with zero attached hydrogens (tertiary/aromatic N) is 2. The van der Waals surface area contributed by atoms with Crippen LogP contribution in [-0.4, -0.2) is 20.6 Å². The number of benzene rings is 1. The number of hydrogen-bond donors (Lipinski definition) is 1. The molecule has 0 bridgehead atoms. The third-order valence-electron chi connectivity index (χ3n) is 2.83. The number of carboxylic acids is 1. The van der Waals surface area contributed by atoms with Crippen molar-refractivity contribution in [1.82, 2.24) is 9.55 Å². The lowest BCUT2D eigenvalue weighted by atomic mass is 10.1. The molecule has 4 heteroatoms. The summed E-state index contributed by atoms with van der Waals surface area (Å²) in [6.45, 7) is 4.26. The Morgan fingerprint density at radius 2 is 2.06 bits per heavy atom. The molecule has 2 aromatic rings. The highest BCUT2D eigenvalue weighted by molar-refractivity contribution is 5.86. The first kappa shape index (κ1) is 11.4. The van der Waals surface area contributed by atoms with Crippen LogP contribution in [-0.2, 0) is 6.54 Å². The van der Waals surface area contributed by atoms with Crippen LogP contribution in [0.25, 0.3) is 0 Å². The molecule has 17 heavy (non-hydrogen) atoms. The molecule has 0 spiro atoms. The predicted molar refractivity (Wildman–Crippen MR) is 64.2 cm³/mol. The lowest BCUT2D eigenvalue weighted by Gasteiger charge is -2.08. The molecule has 0 aliphatic carbocycles. The Hall–Kier alpha value is -2.10. The quantitative estimate of drug-likeness (QED) is 0.879. The first-order valence-electron chi connectivity index (χ1n) is 5.39. The number of aromatic carboxylic acids is 1. The number of aryl methyl sites for hydroxylation is 2. The number of rotatable bonds is 3. The monoisotopic (exact) mass is 230 g/mol. The Morgan fingerprint density at radius 3 is 2.71 bits per heavy atom. The van der Waals surface area contributed by atoms with Crippen molar-refractivity contribution in [2.45, 2.75) is 20.4 Å². The van der Waals surface area contributed by atoms with Gasteiger partial charge in [-0.05, 0) is 25.0 Å². The fourth-order valence-electron chi connectivity index (χ4n) is 1.85. The number of carbonyl (C=O) groups is 1. The fourth-order valence-corrected chi connectivity index (χ4v) is 1.85. The zero-order valence-electron chi connectivity index (χ0n) is 9.84. The lowest BCUT2D eigenvalue weighted by molar-refractivity contribution is 0.0684. The summed E-state index contributed by atoms with van der Waals surface area (Å²) in [6, 6.07) is 7.93. The Bertz CT molecular complexity index is 558. The molecule has 1 aromatic heterocycles. The largest absolute Gasteiger partial charge is 0.477 e. The van der Waals surface area contributed by atoms with Crippen LogP contribution in [0.3, 0.4) is 0 Å². The van der Waals surface area contributed by atoms with Gasteiger partial charge in [-0.1, -0.05) is 24.3 Å². The summed E-state index contributed by atoms with van der Waals surface area (Å²) in [7, 11) is 0. The summed E-state index contributed by atoms with van der Waals surface area (Å²) in [6.07, 6.45) is 1.57. The molecule has 1 heterocycles. The summed E-state index contributed by atoms with van der Waals surface area (Å²) in [5, 5.41) is 9.12. The minimum absolute atomic E-state index is 0.258. The van der Waals surface area contributed by atoms with Gasteiger partial charge in [0.2, 0.25) is 0 Å². The van der Waals surface area contributed by atoms with E-state index in [1.807, 2.05) is 31.2 Å². The van der Waals surface area contributed by atoms with Gasteiger partial charge >= 0.3 is 5.97 Å². The zero-order chi connectivity index (χ0) is 12.4. The molecule has 0 aliphatic heterocycles. The SMILES string of the molecule is Cc1ccccc1Cn1cnc(C)c1C(=O)O. The Labute approximate surface area is 99.5 Å². The van der Waals surface area contributed by atoms with Crippen molar-refractivity contribution in [3.05, 3.63) is 53.1 Å². The van der Waals surface area contributed by atoms with Crippen LogP contribution in [0.1, 0.15) is 27.3 Å². The van der Waals surface area contributed by atoms with Gasteiger partial charge in [-0.3, -0.25) is 0 Å². The second-order valence-corrected chi connectivity index (χ2v) is 4.04. The highest BCUT2D eigenvalue weighted by atomic mass is 16.4. The average molecular weight is 230 g/mol. The molecule has 88 valence electrons. The highest BCUT2D eigenvalue weighted by Gasteiger charge is 2.14. The maximum absolute atomic E-state index is 11.1. The Morgan fingerprint density at radius 1 is 1.35 bits per heavy atom. The van der Waals surface area contributed by atoms with Gasteiger partial charge in [0.25, 0.3) is 0 Å². The predicted octanol–water partition coefficient (Wildman–Crippen LogP) is 2.25. The van der Waals surface area contributed by atoms with Crippen LogP contribution in [0.15, 0.2) is 30.6 Å². The smallest absolute Gasteiger partial charge is 0.354 e. The third kappa shape index (κ3) is 2.20. The van der Waals surface area contributed by atoms with Crippen LogP contribution in [0.2, 0.25) is 0 Å². The van der Waals surface area contributed by atoms with Crippen molar-refractivity contribution in [3.63, 3.8) is 0 Å². The molecule has 0 unspecified atom stereocenters. The minimum atomic E-state index is -0.936. The summed E-state index contributed by atoms with van der Waals surface area (Å²) in [4.78, 5) is 15.2. The molecule has 0 fully saturated rings. The molecule has 0 aliphatic rings. The molecule has 1 aromatic carbocycles. The standard InChI is InChI=1S/C13H14N2O2/c1-9-5-3-4-6-11(9)7-15-8-14-10(2)12(15)13(16)17/h3-6,8H,7H2,1-2H3,(H,16,17). The van der Waals surface area contributed by atoms with Gasteiger partial charge in [0.15, 0.2) is 0 Å². The highest BCUT2D eigenvalue weighted by Crippen LogP contribution is 2.13. The molecule has 0 atom stereocenters. The number of aromatic nitrogens is 2. The van der Waals surface area contributed by atoms with E-state index in [1.54, 1.807) is 17.8 Å². The van der Waals surface area contributed by atoms with Crippen molar-refractivity contribution in [2.75, 3.05) is 0 Å². The van der Waals surface area contributed by atoms with E-state index in [1.165, 1.54) is 0 Å². The molecule has 0 radical (unpaired) electrons. The molecule has 2 rings (SSSR count). The van der Waals surface area contributed by atoms with E-state index in [0.29, 0.717) is 12.2 Å². The van der Waals surface area contributed by atoms with E-state index in [4.69, 9.17) is 5.11 Å². The maximum atomic E-state index is 11.1. The van der Waals surface area contributed by atoms with E-state index >= 15 is 0 Å². The Balaban J connectivity index is 2.37. The van der Waals surface area contributed by atoms with Gasteiger partial charge in [0.05, 0.1) is 12.0 Å². The molecule has 0 amide bonds. The van der Waals surface area contributed by atoms with Gasteiger partial charge in [-0.15, -0.1) is 0 Å². The lowest BCUT2D eigenvalue weighted by Crippen LogP contribution is -2.10. The van der Waals surface area contributed by atoms with Crippen molar-refractivity contribution in [2.24, 2.45) is 0 Å². The summed E-state index contributed by atoms with van der Waals surface area (Å²) in [5.41, 5.74) is 3.06. The van der Waals surface area contributed by atoms with Crippen molar-refractivity contribution in [1.29, 1.82) is 0 Å². The first-order valence-corrected chi connectivity index (χ1v) is 5.39. The maximum Gasteiger partial charge on any atom is 0.354 e.